The second-order valence-corrected chi connectivity index (χ2v) is 6.33. The average molecular weight is 318 g/mol. The van der Waals surface area contributed by atoms with Gasteiger partial charge in [0, 0.05) is 51.0 Å². The zero-order valence-electron chi connectivity index (χ0n) is 14.2. The molecule has 2 heterocycles. The molecule has 1 saturated heterocycles. The van der Waals surface area contributed by atoms with Crippen LogP contribution >= 0.6 is 0 Å². The summed E-state index contributed by atoms with van der Waals surface area (Å²) in [5.74, 6) is 0.0539. The van der Waals surface area contributed by atoms with Gasteiger partial charge in [-0.1, -0.05) is 6.07 Å². The molecule has 0 saturated carbocycles. The largest absolute Gasteiger partial charge is 0.352 e. The Bertz CT molecular complexity index is 525. The van der Waals surface area contributed by atoms with Crippen molar-refractivity contribution in [2.24, 2.45) is 5.92 Å². The third-order valence-corrected chi connectivity index (χ3v) is 4.40. The predicted octanol–water partition coefficient (Wildman–Crippen LogP) is 1.87. The summed E-state index contributed by atoms with van der Waals surface area (Å²) < 4.78 is 0. The van der Waals surface area contributed by atoms with E-state index in [1.165, 1.54) is 0 Å². The summed E-state index contributed by atoms with van der Waals surface area (Å²) in [7, 11) is 1.82. The van der Waals surface area contributed by atoms with Gasteiger partial charge in [0.2, 0.25) is 5.91 Å². The Morgan fingerprint density at radius 2 is 2.09 bits per heavy atom. The summed E-state index contributed by atoms with van der Waals surface area (Å²) in [6, 6.07) is 4.03. The molecule has 126 valence electrons. The number of carbonyl (C=O) groups is 2. The zero-order valence-corrected chi connectivity index (χ0v) is 14.2. The monoisotopic (exact) mass is 318 g/mol. The molecule has 3 amide bonds. The number of nitrogens with zero attached hydrogens (tertiary/aromatic N) is 3. The second kappa shape index (κ2) is 7.94. The van der Waals surface area contributed by atoms with Crippen molar-refractivity contribution in [2.75, 3.05) is 20.1 Å². The second-order valence-electron chi connectivity index (χ2n) is 6.33. The lowest BCUT2D eigenvalue weighted by molar-refractivity contribution is -0.126. The molecule has 1 N–H and O–H groups in total. The van der Waals surface area contributed by atoms with Gasteiger partial charge in [0.1, 0.15) is 0 Å². The van der Waals surface area contributed by atoms with E-state index in [0.717, 1.165) is 18.4 Å². The quantitative estimate of drug-likeness (QED) is 0.921. The van der Waals surface area contributed by atoms with E-state index in [4.69, 9.17) is 0 Å². The van der Waals surface area contributed by atoms with Crippen molar-refractivity contribution in [3.63, 3.8) is 0 Å². The number of likely N-dealkylation sites (tertiary alicyclic amines) is 1. The van der Waals surface area contributed by atoms with Crippen molar-refractivity contribution in [1.82, 2.24) is 20.1 Å². The third kappa shape index (κ3) is 4.68. The number of piperidine rings is 1. The first kappa shape index (κ1) is 17.2. The number of urea groups is 1. The van der Waals surface area contributed by atoms with Crippen molar-refractivity contribution in [3.05, 3.63) is 30.1 Å². The van der Waals surface area contributed by atoms with Gasteiger partial charge in [-0.05, 0) is 38.3 Å². The first-order valence-electron chi connectivity index (χ1n) is 8.17. The van der Waals surface area contributed by atoms with Gasteiger partial charge < -0.3 is 15.1 Å². The Balaban J connectivity index is 1.77. The fourth-order valence-electron chi connectivity index (χ4n) is 2.61. The van der Waals surface area contributed by atoms with Crippen LogP contribution in [0, 0.1) is 5.92 Å². The number of hydrogen-bond acceptors (Lipinski definition) is 3. The summed E-state index contributed by atoms with van der Waals surface area (Å²) in [5, 5.41) is 2.96. The van der Waals surface area contributed by atoms with E-state index in [0.29, 0.717) is 19.6 Å². The summed E-state index contributed by atoms with van der Waals surface area (Å²) in [6.07, 6.45) is 4.91. The van der Waals surface area contributed by atoms with E-state index in [2.05, 4.69) is 10.3 Å². The number of aromatic nitrogens is 1. The molecule has 0 radical (unpaired) electrons. The summed E-state index contributed by atoms with van der Waals surface area (Å²) >= 11 is 0. The fraction of sp³-hybridized carbons (Fsp3) is 0.588. The van der Waals surface area contributed by atoms with Crippen LogP contribution in [-0.2, 0) is 11.3 Å². The molecular formula is C17H26N4O2. The van der Waals surface area contributed by atoms with E-state index < -0.39 is 0 Å². The zero-order chi connectivity index (χ0) is 16.8. The molecule has 1 aromatic heterocycles. The minimum absolute atomic E-state index is 0.0138. The Kier molecular flexibility index (Phi) is 5.96. The number of carbonyl (C=O) groups excluding carboxylic acids is 2. The van der Waals surface area contributed by atoms with Crippen molar-refractivity contribution in [1.29, 1.82) is 0 Å². The van der Waals surface area contributed by atoms with Crippen LogP contribution in [0.4, 0.5) is 4.79 Å². The SMILES string of the molecule is CC(C)N(C)C(=O)N1CCC(C(=O)NCc2cccnc2)CC1. The molecular weight excluding hydrogens is 292 g/mol. The molecule has 1 aliphatic heterocycles. The lowest BCUT2D eigenvalue weighted by atomic mass is 9.96. The molecule has 1 fully saturated rings. The van der Waals surface area contributed by atoms with Gasteiger partial charge in [-0.25, -0.2) is 4.79 Å². The van der Waals surface area contributed by atoms with Gasteiger partial charge in [0.05, 0.1) is 0 Å². The highest BCUT2D eigenvalue weighted by molar-refractivity contribution is 5.79. The van der Waals surface area contributed by atoms with Crippen LogP contribution in [0.25, 0.3) is 0 Å². The third-order valence-electron chi connectivity index (χ3n) is 4.40. The Morgan fingerprint density at radius 1 is 1.39 bits per heavy atom. The highest BCUT2D eigenvalue weighted by Gasteiger charge is 2.29. The van der Waals surface area contributed by atoms with Crippen molar-refractivity contribution in [2.45, 2.75) is 39.3 Å². The van der Waals surface area contributed by atoms with Crippen molar-refractivity contribution in [3.8, 4) is 0 Å². The molecule has 2 rings (SSSR count). The summed E-state index contributed by atoms with van der Waals surface area (Å²) in [4.78, 5) is 32.1. The van der Waals surface area contributed by atoms with Gasteiger partial charge in [-0.15, -0.1) is 0 Å². The molecule has 0 atom stereocenters. The summed E-state index contributed by atoms with van der Waals surface area (Å²) in [6.45, 7) is 5.77. The molecule has 1 aliphatic rings. The van der Waals surface area contributed by atoms with E-state index in [1.54, 1.807) is 17.3 Å². The first-order valence-corrected chi connectivity index (χ1v) is 8.17. The summed E-state index contributed by atoms with van der Waals surface area (Å²) in [5.41, 5.74) is 0.993. The highest BCUT2D eigenvalue weighted by atomic mass is 16.2. The van der Waals surface area contributed by atoms with Crippen molar-refractivity contribution >= 4 is 11.9 Å². The van der Waals surface area contributed by atoms with E-state index in [1.807, 2.05) is 37.9 Å². The molecule has 23 heavy (non-hydrogen) atoms. The van der Waals surface area contributed by atoms with Crippen LogP contribution in [0.15, 0.2) is 24.5 Å². The molecule has 0 bridgehead atoms. The van der Waals surface area contributed by atoms with Crippen LogP contribution in [0.2, 0.25) is 0 Å². The lowest BCUT2D eigenvalue weighted by Gasteiger charge is -2.35. The minimum Gasteiger partial charge on any atom is -0.352 e. The van der Waals surface area contributed by atoms with Gasteiger partial charge in [-0.2, -0.15) is 0 Å². The fourth-order valence-corrected chi connectivity index (χ4v) is 2.61. The molecule has 1 aromatic rings. The lowest BCUT2D eigenvalue weighted by Crippen LogP contribution is -2.49. The Morgan fingerprint density at radius 3 is 2.65 bits per heavy atom. The minimum atomic E-state index is -0.0138. The van der Waals surface area contributed by atoms with Gasteiger partial charge in [-0.3, -0.25) is 9.78 Å². The van der Waals surface area contributed by atoms with Crippen LogP contribution in [0.5, 0.6) is 0 Å². The number of pyridine rings is 1. The number of amides is 3. The van der Waals surface area contributed by atoms with Gasteiger partial charge in [0.15, 0.2) is 0 Å². The Hall–Kier alpha value is -2.11. The molecule has 0 aliphatic carbocycles. The van der Waals surface area contributed by atoms with E-state index in [9.17, 15) is 9.59 Å². The molecule has 6 nitrogen and oxygen atoms in total. The number of nitrogens with one attached hydrogen (secondary N) is 1. The predicted molar refractivity (Wildman–Crippen MR) is 88.7 cm³/mol. The Labute approximate surface area is 137 Å². The van der Waals surface area contributed by atoms with Crippen LogP contribution < -0.4 is 5.32 Å². The topological polar surface area (TPSA) is 65.5 Å². The maximum atomic E-state index is 12.3. The van der Waals surface area contributed by atoms with Crippen LogP contribution in [0.1, 0.15) is 32.3 Å². The standard InChI is InChI=1S/C17H26N4O2/c1-13(2)20(3)17(23)21-9-6-15(7-10-21)16(22)19-12-14-5-4-8-18-11-14/h4-5,8,11,13,15H,6-7,9-10,12H2,1-3H3,(H,19,22). The maximum Gasteiger partial charge on any atom is 0.319 e. The maximum absolute atomic E-state index is 12.3. The van der Waals surface area contributed by atoms with Crippen LogP contribution in [-0.4, -0.2) is 52.9 Å². The highest BCUT2D eigenvalue weighted by Crippen LogP contribution is 2.19. The van der Waals surface area contributed by atoms with Gasteiger partial charge >= 0.3 is 6.03 Å². The smallest absolute Gasteiger partial charge is 0.319 e. The number of hydrogen-bond donors (Lipinski definition) is 1. The molecule has 0 spiro atoms. The average Bonchev–Trinajstić information content (AvgIpc) is 2.59. The van der Waals surface area contributed by atoms with E-state index in [-0.39, 0.29) is 23.9 Å². The van der Waals surface area contributed by atoms with E-state index >= 15 is 0 Å². The normalized spacial score (nSPS) is 15.6. The first-order chi connectivity index (χ1) is 11.0. The molecule has 6 heteroatoms. The molecule has 0 unspecified atom stereocenters. The molecule has 0 aromatic carbocycles. The van der Waals surface area contributed by atoms with Crippen LogP contribution in [0.3, 0.4) is 0 Å². The number of rotatable bonds is 4. The van der Waals surface area contributed by atoms with Gasteiger partial charge in [0.25, 0.3) is 0 Å². The van der Waals surface area contributed by atoms with Crippen molar-refractivity contribution < 1.29 is 9.59 Å².